The van der Waals surface area contributed by atoms with Crippen molar-refractivity contribution in [1.29, 1.82) is 0 Å². The molecule has 1 aliphatic rings. The van der Waals surface area contributed by atoms with Gasteiger partial charge in [0.1, 0.15) is 0 Å². The number of carbonyl (C=O) groups excluding carboxylic acids is 1. The van der Waals surface area contributed by atoms with E-state index in [4.69, 9.17) is 0 Å². The summed E-state index contributed by atoms with van der Waals surface area (Å²) in [5, 5.41) is 3.56. The quantitative estimate of drug-likeness (QED) is 0.846. The average Bonchev–Trinajstić information content (AvgIpc) is 2.54. The van der Waals surface area contributed by atoms with Crippen molar-refractivity contribution in [1.82, 2.24) is 14.5 Å². The molecular formula is C17H20N4O2S. The fourth-order valence-electron chi connectivity index (χ4n) is 2.43. The zero-order valence-corrected chi connectivity index (χ0v) is 14.8. The maximum atomic E-state index is 12.4. The fraction of sp³-hybridized carbons (Fsp3) is 0.412. The van der Waals surface area contributed by atoms with Crippen molar-refractivity contribution >= 4 is 23.4 Å². The van der Waals surface area contributed by atoms with Gasteiger partial charge in [0.25, 0.3) is 5.56 Å². The summed E-state index contributed by atoms with van der Waals surface area (Å²) in [6.45, 7) is 6.45. The van der Waals surface area contributed by atoms with Crippen molar-refractivity contribution < 1.29 is 4.79 Å². The van der Waals surface area contributed by atoms with E-state index in [2.05, 4.69) is 15.3 Å². The molecule has 0 aliphatic carbocycles. The first-order valence-electron chi connectivity index (χ1n) is 7.80. The van der Waals surface area contributed by atoms with E-state index < -0.39 is 0 Å². The van der Waals surface area contributed by atoms with Crippen LogP contribution in [0.2, 0.25) is 0 Å². The number of rotatable bonds is 2. The highest BCUT2D eigenvalue weighted by Gasteiger charge is 2.28. The average molecular weight is 344 g/mol. The number of carbonyl (C=O) groups is 1. The number of aromatic nitrogens is 3. The SMILES string of the molecule is CC(C)(C)c1cc(=O)n2c(n1)SC[C@@H](C(=O)Nc1ccncc1)C2. The molecule has 0 bridgehead atoms. The summed E-state index contributed by atoms with van der Waals surface area (Å²) in [7, 11) is 0. The van der Waals surface area contributed by atoms with Crippen molar-refractivity contribution in [2.75, 3.05) is 11.1 Å². The normalized spacial score (nSPS) is 17.2. The first-order valence-corrected chi connectivity index (χ1v) is 8.79. The summed E-state index contributed by atoms with van der Waals surface area (Å²) < 4.78 is 1.60. The van der Waals surface area contributed by atoms with E-state index in [0.717, 1.165) is 5.69 Å². The van der Waals surface area contributed by atoms with Gasteiger partial charge < -0.3 is 5.32 Å². The van der Waals surface area contributed by atoms with Crippen LogP contribution in [-0.2, 0) is 16.8 Å². The van der Waals surface area contributed by atoms with Crippen molar-refractivity contribution in [2.45, 2.75) is 37.9 Å². The van der Waals surface area contributed by atoms with Crippen LogP contribution in [0.3, 0.4) is 0 Å². The molecule has 0 saturated carbocycles. The molecule has 3 rings (SSSR count). The van der Waals surface area contributed by atoms with Crippen molar-refractivity contribution in [2.24, 2.45) is 5.92 Å². The summed E-state index contributed by atoms with van der Waals surface area (Å²) in [6, 6.07) is 5.06. The molecule has 6 nitrogen and oxygen atoms in total. The van der Waals surface area contributed by atoms with Gasteiger partial charge in [0, 0.05) is 41.9 Å². The molecule has 1 amide bonds. The number of amides is 1. The molecule has 0 aromatic carbocycles. The van der Waals surface area contributed by atoms with Crippen LogP contribution in [0.5, 0.6) is 0 Å². The van der Waals surface area contributed by atoms with E-state index in [1.54, 1.807) is 35.2 Å². The minimum atomic E-state index is -0.268. The first kappa shape index (κ1) is 16.7. The predicted molar refractivity (Wildman–Crippen MR) is 94.3 cm³/mol. The number of nitrogens with zero attached hydrogens (tertiary/aromatic N) is 3. The Balaban J connectivity index is 1.80. The maximum absolute atomic E-state index is 12.4. The van der Waals surface area contributed by atoms with Gasteiger partial charge in [-0.2, -0.15) is 0 Å². The summed E-state index contributed by atoms with van der Waals surface area (Å²) in [5.74, 6) is 0.249. The van der Waals surface area contributed by atoms with Crippen LogP contribution in [0.4, 0.5) is 5.69 Å². The third-order valence-electron chi connectivity index (χ3n) is 3.88. The van der Waals surface area contributed by atoms with E-state index in [-0.39, 0.29) is 22.8 Å². The molecule has 0 unspecified atom stereocenters. The molecule has 0 saturated heterocycles. The predicted octanol–water partition coefficient (Wildman–Crippen LogP) is 2.30. The molecule has 1 aliphatic heterocycles. The molecule has 126 valence electrons. The summed E-state index contributed by atoms with van der Waals surface area (Å²) in [6.07, 6.45) is 3.26. The van der Waals surface area contributed by atoms with Crippen molar-refractivity contribution in [3.63, 3.8) is 0 Å². The van der Waals surface area contributed by atoms with Crippen LogP contribution in [0.1, 0.15) is 26.5 Å². The Kier molecular flexibility index (Phi) is 4.45. The molecule has 1 N–H and O–H groups in total. The minimum Gasteiger partial charge on any atom is -0.326 e. The largest absolute Gasteiger partial charge is 0.326 e. The Morgan fingerprint density at radius 3 is 2.71 bits per heavy atom. The van der Waals surface area contributed by atoms with Gasteiger partial charge in [-0.05, 0) is 12.1 Å². The lowest BCUT2D eigenvalue weighted by Gasteiger charge is -2.26. The van der Waals surface area contributed by atoms with Gasteiger partial charge in [-0.15, -0.1) is 0 Å². The van der Waals surface area contributed by atoms with Crippen LogP contribution in [0.25, 0.3) is 0 Å². The number of anilines is 1. The number of hydrogen-bond donors (Lipinski definition) is 1. The van der Waals surface area contributed by atoms with Gasteiger partial charge in [0.05, 0.1) is 11.6 Å². The van der Waals surface area contributed by atoms with Gasteiger partial charge in [-0.25, -0.2) is 4.98 Å². The highest BCUT2D eigenvalue weighted by atomic mass is 32.2. The van der Waals surface area contributed by atoms with E-state index in [1.165, 1.54) is 11.8 Å². The van der Waals surface area contributed by atoms with Gasteiger partial charge >= 0.3 is 0 Å². The van der Waals surface area contributed by atoms with Gasteiger partial charge in [-0.3, -0.25) is 19.1 Å². The third-order valence-corrected chi connectivity index (χ3v) is 5.02. The summed E-state index contributed by atoms with van der Waals surface area (Å²) >= 11 is 1.46. The monoisotopic (exact) mass is 344 g/mol. The smallest absolute Gasteiger partial charge is 0.254 e. The molecule has 3 heterocycles. The lowest BCUT2D eigenvalue weighted by molar-refractivity contribution is -0.119. The highest BCUT2D eigenvalue weighted by Crippen LogP contribution is 2.28. The summed E-state index contributed by atoms with van der Waals surface area (Å²) in [5.41, 5.74) is 1.22. The van der Waals surface area contributed by atoms with E-state index in [0.29, 0.717) is 23.1 Å². The van der Waals surface area contributed by atoms with Crippen molar-refractivity contribution in [3.05, 3.63) is 46.6 Å². The molecular weight excluding hydrogens is 324 g/mol. The lowest BCUT2D eigenvalue weighted by atomic mass is 9.92. The van der Waals surface area contributed by atoms with E-state index >= 15 is 0 Å². The molecule has 2 aromatic heterocycles. The number of hydrogen-bond acceptors (Lipinski definition) is 5. The Labute approximate surface area is 144 Å². The zero-order valence-electron chi connectivity index (χ0n) is 13.9. The van der Waals surface area contributed by atoms with Crippen LogP contribution in [0, 0.1) is 5.92 Å². The number of thioether (sulfide) groups is 1. The fourth-order valence-corrected chi connectivity index (χ4v) is 3.52. The Bertz CT molecular complexity index is 812. The number of fused-ring (bicyclic) bond motifs is 1. The molecule has 24 heavy (non-hydrogen) atoms. The van der Waals surface area contributed by atoms with E-state index in [9.17, 15) is 9.59 Å². The zero-order chi connectivity index (χ0) is 17.3. The topological polar surface area (TPSA) is 76.9 Å². The van der Waals surface area contributed by atoms with Crippen molar-refractivity contribution in [3.8, 4) is 0 Å². The number of pyridine rings is 1. The second-order valence-electron chi connectivity index (χ2n) is 6.86. The van der Waals surface area contributed by atoms with E-state index in [1.807, 2.05) is 20.8 Å². The molecule has 7 heteroatoms. The molecule has 0 spiro atoms. The Hall–Kier alpha value is -2.15. The van der Waals surface area contributed by atoms with Gasteiger partial charge in [-0.1, -0.05) is 32.5 Å². The van der Waals surface area contributed by atoms with Gasteiger partial charge in [0.15, 0.2) is 5.16 Å². The third kappa shape index (κ3) is 3.51. The Morgan fingerprint density at radius 1 is 1.33 bits per heavy atom. The van der Waals surface area contributed by atoms with Crippen LogP contribution >= 0.6 is 11.8 Å². The first-order chi connectivity index (χ1) is 11.3. The van der Waals surface area contributed by atoms with Gasteiger partial charge in [0.2, 0.25) is 5.91 Å². The number of nitrogens with one attached hydrogen (secondary N) is 1. The second kappa shape index (κ2) is 6.39. The molecule has 0 radical (unpaired) electrons. The molecule has 0 fully saturated rings. The minimum absolute atomic E-state index is 0.0915. The maximum Gasteiger partial charge on any atom is 0.254 e. The standard InChI is InChI=1S/C17H20N4O2S/c1-17(2,3)13-8-14(22)21-9-11(10-24-16(21)20-13)15(23)19-12-4-6-18-7-5-12/h4-8,11H,9-10H2,1-3H3,(H,18,19,23)/t11-/m0/s1. The highest BCUT2D eigenvalue weighted by molar-refractivity contribution is 7.99. The van der Waals surface area contributed by atoms with Crippen LogP contribution in [0.15, 0.2) is 40.5 Å². The second-order valence-corrected chi connectivity index (χ2v) is 7.84. The summed E-state index contributed by atoms with van der Waals surface area (Å²) in [4.78, 5) is 33.4. The molecule has 1 atom stereocenters. The van der Waals surface area contributed by atoms with Crippen LogP contribution < -0.4 is 10.9 Å². The lowest BCUT2D eigenvalue weighted by Crippen LogP contribution is -2.37. The Morgan fingerprint density at radius 2 is 2.04 bits per heavy atom. The molecule has 2 aromatic rings. The van der Waals surface area contributed by atoms with Crippen LogP contribution in [-0.4, -0.2) is 26.2 Å².